The maximum atomic E-state index is 12.1. The number of pyridine rings is 1. The fraction of sp³-hybridized carbons (Fsp3) is 0.133. The van der Waals surface area contributed by atoms with Crippen LogP contribution in [0.15, 0.2) is 36.5 Å². The Morgan fingerprint density at radius 1 is 1.32 bits per heavy atom. The highest BCUT2D eigenvalue weighted by atomic mass is 16.1. The summed E-state index contributed by atoms with van der Waals surface area (Å²) in [6.07, 6.45) is 1.45. The first kappa shape index (κ1) is 12.8. The average Bonchev–Trinajstić information content (AvgIpc) is 2.44. The molecule has 1 heterocycles. The Morgan fingerprint density at radius 3 is 2.84 bits per heavy atom. The molecule has 1 aromatic heterocycles. The van der Waals surface area contributed by atoms with Crippen molar-refractivity contribution in [1.29, 1.82) is 5.26 Å². The zero-order chi connectivity index (χ0) is 13.8. The summed E-state index contributed by atoms with van der Waals surface area (Å²) < 4.78 is 0. The van der Waals surface area contributed by atoms with Gasteiger partial charge in [-0.05, 0) is 43.2 Å². The molecule has 0 saturated carbocycles. The van der Waals surface area contributed by atoms with E-state index in [0.29, 0.717) is 5.56 Å². The summed E-state index contributed by atoms with van der Waals surface area (Å²) in [4.78, 5) is 16.0. The molecule has 0 atom stereocenters. The summed E-state index contributed by atoms with van der Waals surface area (Å²) in [5.74, 6) is -0.314. The predicted molar refractivity (Wildman–Crippen MR) is 72.8 cm³/mol. The number of benzene rings is 1. The van der Waals surface area contributed by atoms with Gasteiger partial charge in [0.15, 0.2) is 0 Å². The molecule has 0 spiro atoms. The Balaban J connectivity index is 2.26. The number of hydrogen-bond acceptors (Lipinski definition) is 3. The van der Waals surface area contributed by atoms with E-state index < -0.39 is 0 Å². The molecule has 0 aliphatic heterocycles. The molecule has 2 rings (SSSR count). The normalized spacial score (nSPS) is 9.74. The molecular weight excluding hydrogens is 238 g/mol. The van der Waals surface area contributed by atoms with Crippen molar-refractivity contribution in [3.05, 3.63) is 58.9 Å². The summed E-state index contributed by atoms with van der Waals surface area (Å²) in [7, 11) is 0. The standard InChI is InChI=1S/C15H13N3O/c1-10-4-3-5-13(11(10)2)18-15(19)14-8-12(9-16)6-7-17-14/h3-8H,1-2H3,(H,18,19). The van der Waals surface area contributed by atoms with E-state index in [0.717, 1.165) is 16.8 Å². The summed E-state index contributed by atoms with van der Waals surface area (Å²) in [6, 6.07) is 10.7. The van der Waals surface area contributed by atoms with Gasteiger partial charge in [-0.2, -0.15) is 5.26 Å². The zero-order valence-corrected chi connectivity index (χ0v) is 10.8. The predicted octanol–water partition coefficient (Wildman–Crippen LogP) is 2.82. The molecule has 0 aliphatic carbocycles. The Hall–Kier alpha value is -2.67. The average molecular weight is 251 g/mol. The number of nitrogens with zero attached hydrogens (tertiary/aromatic N) is 2. The van der Waals surface area contributed by atoms with Crippen LogP contribution in [0.3, 0.4) is 0 Å². The van der Waals surface area contributed by atoms with E-state index in [1.54, 1.807) is 6.07 Å². The number of anilines is 1. The minimum Gasteiger partial charge on any atom is -0.320 e. The van der Waals surface area contributed by atoms with Gasteiger partial charge in [-0.3, -0.25) is 9.78 Å². The molecule has 2 aromatic rings. The third kappa shape index (κ3) is 2.78. The first-order valence-electron chi connectivity index (χ1n) is 5.85. The van der Waals surface area contributed by atoms with Gasteiger partial charge in [0.2, 0.25) is 0 Å². The Kier molecular flexibility index (Phi) is 3.58. The van der Waals surface area contributed by atoms with Crippen LogP contribution in [-0.4, -0.2) is 10.9 Å². The molecule has 0 unspecified atom stereocenters. The second kappa shape index (κ2) is 5.32. The van der Waals surface area contributed by atoms with Crippen LogP contribution in [0.25, 0.3) is 0 Å². The van der Waals surface area contributed by atoms with Crippen molar-refractivity contribution < 1.29 is 4.79 Å². The molecule has 0 bridgehead atoms. The van der Waals surface area contributed by atoms with Crippen molar-refractivity contribution in [2.24, 2.45) is 0 Å². The smallest absolute Gasteiger partial charge is 0.274 e. The number of rotatable bonds is 2. The minimum atomic E-state index is -0.314. The topological polar surface area (TPSA) is 65.8 Å². The van der Waals surface area contributed by atoms with Gasteiger partial charge in [-0.25, -0.2) is 0 Å². The molecule has 4 heteroatoms. The molecular formula is C15H13N3O. The highest BCUT2D eigenvalue weighted by Crippen LogP contribution is 2.18. The lowest BCUT2D eigenvalue weighted by Gasteiger charge is -2.09. The quantitative estimate of drug-likeness (QED) is 0.892. The number of carbonyl (C=O) groups excluding carboxylic acids is 1. The monoisotopic (exact) mass is 251 g/mol. The van der Waals surface area contributed by atoms with Gasteiger partial charge in [0, 0.05) is 11.9 Å². The molecule has 4 nitrogen and oxygen atoms in total. The van der Waals surface area contributed by atoms with Gasteiger partial charge in [0.05, 0.1) is 11.6 Å². The second-order valence-electron chi connectivity index (χ2n) is 4.24. The Bertz CT molecular complexity index is 671. The van der Waals surface area contributed by atoms with Gasteiger partial charge in [0.25, 0.3) is 5.91 Å². The fourth-order valence-corrected chi connectivity index (χ4v) is 1.70. The molecule has 0 fully saturated rings. The number of aryl methyl sites for hydroxylation is 1. The summed E-state index contributed by atoms with van der Waals surface area (Å²) in [6.45, 7) is 3.93. The van der Waals surface area contributed by atoms with Crippen molar-refractivity contribution in [3.63, 3.8) is 0 Å². The van der Waals surface area contributed by atoms with Crippen molar-refractivity contribution in [3.8, 4) is 6.07 Å². The van der Waals surface area contributed by atoms with Crippen LogP contribution in [-0.2, 0) is 0 Å². The van der Waals surface area contributed by atoms with Crippen LogP contribution < -0.4 is 5.32 Å². The first-order chi connectivity index (χ1) is 9.11. The number of aromatic nitrogens is 1. The third-order valence-electron chi connectivity index (χ3n) is 2.97. The van der Waals surface area contributed by atoms with Crippen LogP contribution in [0.4, 0.5) is 5.69 Å². The maximum Gasteiger partial charge on any atom is 0.274 e. The van der Waals surface area contributed by atoms with E-state index in [2.05, 4.69) is 10.3 Å². The summed E-state index contributed by atoms with van der Waals surface area (Å²) >= 11 is 0. The lowest BCUT2D eigenvalue weighted by molar-refractivity contribution is 0.102. The Morgan fingerprint density at radius 2 is 2.11 bits per heavy atom. The van der Waals surface area contributed by atoms with Gasteiger partial charge in [0.1, 0.15) is 5.69 Å². The van der Waals surface area contributed by atoms with Gasteiger partial charge in [-0.1, -0.05) is 12.1 Å². The number of nitrogens with one attached hydrogen (secondary N) is 1. The number of nitriles is 1. The molecule has 1 N–H and O–H groups in total. The van der Waals surface area contributed by atoms with Crippen LogP contribution >= 0.6 is 0 Å². The van der Waals surface area contributed by atoms with E-state index in [-0.39, 0.29) is 11.6 Å². The molecule has 0 saturated heterocycles. The number of hydrogen-bond donors (Lipinski definition) is 1. The van der Waals surface area contributed by atoms with Gasteiger partial charge < -0.3 is 5.32 Å². The molecule has 19 heavy (non-hydrogen) atoms. The van der Waals surface area contributed by atoms with E-state index in [4.69, 9.17) is 5.26 Å². The largest absolute Gasteiger partial charge is 0.320 e. The van der Waals surface area contributed by atoms with E-state index in [1.165, 1.54) is 12.3 Å². The molecule has 0 aliphatic rings. The summed E-state index contributed by atoms with van der Waals surface area (Å²) in [5, 5.41) is 11.6. The maximum absolute atomic E-state index is 12.1. The molecule has 1 amide bonds. The molecule has 94 valence electrons. The molecule has 1 aromatic carbocycles. The third-order valence-corrected chi connectivity index (χ3v) is 2.97. The lowest BCUT2D eigenvalue weighted by atomic mass is 10.1. The van der Waals surface area contributed by atoms with E-state index in [9.17, 15) is 4.79 Å². The second-order valence-corrected chi connectivity index (χ2v) is 4.24. The lowest BCUT2D eigenvalue weighted by Crippen LogP contribution is -2.14. The van der Waals surface area contributed by atoms with Crippen LogP contribution in [0.2, 0.25) is 0 Å². The highest BCUT2D eigenvalue weighted by molar-refractivity contribution is 6.03. The van der Waals surface area contributed by atoms with Crippen molar-refractivity contribution in [1.82, 2.24) is 4.98 Å². The van der Waals surface area contributed by atoms with E-state index in [1.807, 2.05) is 38.1 Å². The van der Waals surface area contributed by atoms with Crippen LogP contribution in [0.5, 0.6) is 0 Å². The Labute approximate surface area is 111 Å². The van der Waals surface area contributed by atoms with Crippen molar-refractivity contribution in [2.75, 3.05) is 5.32 Å². The zero-order valence-electron chi connectivity index (χ0n) is 10.8. The molecule has 0 radical (unpaired) electrons. The SMILES string of the molecule is Cc1cccc(NC(=O)c2cc(C#N)ccn2)c1C. The summed E-state index contributed by atoms with van der Waals surface area (Å²) in [5.41, 5.74) is 3.54. The number of carbonyl (C=O) groups is 1. The van der Waals surface area contributed by atoms with Crippen LogP contribution in [0.1, 0.15) is 27.2 Å². The van der Waals surface area contributed by atoms with Gasteiger partial charge in [-0.15, -0.1) is 0 Å². The minimum absolute atomic E-state index is 0.236. The van der Waals surface area contributed by atoms with Gasteiger partial charge >= 0.3 is 0 Å². The highest BCUT2D eigenvalue weighted by Gasteiger charge is 2.10. The van der Waals surface area contributed by atoms with Crippen molar-refractivity contribution >= 4 is 11.6 Å². The number of amides is 1. The van der Waals surface area contributed by atoms with Crippen LogP contribution in [0, 0.1) is 25.2 Å². The van der Waals surface area contributed by atoms with E-state index >= 15 is 0 Å². The first-order valence-corrected chi connectivity index (χ1v) is 5.85. The van der Waals surface area contributed by atoms with Crippen molar-refractivity contribution in [2.45, 2.75) is 13.8 Å². The fourth-order valence-electron chi connectivity index (χ4n) is 1.70.